The van der Waals surface area contributed by atoms with E-state index in [1.807, 2.05) is 6.07 Å². The zero-order valence-corrected chi connectivity index (χ0v) is 16.0. The van der Waals surface area contributed by atoms with Crippen molar-refractivity contribution in [2.24, 2.45) is 0 Å². The van der Waals surface area contributed by atoms with E-state index >= 15 is 0 Å². The first-order valence-corrected chi connectivity index (χ1v) is 8.86. The highest BCUT2D eigenvalue weighted by Gasteiger charge is 2.15. The Morgan fingerprint density at radius 2 is 2.18 bits per heavy atom. The van der Waals surface area contributed by atoms with Crippen molar-refractivity contribution < 1.29 is 4.79 Å². The number of aromatic nitrogens is 4. The van der Waals surface area contributed by atoms with E-state index in [4.69, 9.17) is 16.9 Å². The third-order valence-corrected chi connectivity index (χ3v) is 4.74. The number of para-hydroxylation sites is 1. The predicted molar refractivity (Wildman–Crippen MR) is 105 cm³/mol. The molecule has 0 saturated heterocycles. The van der Waals surface area contributed by atoms with Gasteiger partial charge in [-0.15, -0.1) is 0 Å². The first-order valence-electron chi connectivity index (χ1n) is 8.48. The average molecular weight is 397 g/mol. The van der Waals surface area contributed by atoms with Gasteiger partial charge in [0.05, 0.1) is 10.7 Å². The molecule has 2 N–H and O–H groups in total. The maximum Gasteiger partial charge on any atom is 0.266 e. The van der Waals surface area contributed by atoms with Crippen LogP contribution in [0.4, 0.5) is 5.69 Å². The van der Waals surface area contributed by atoms with Crippen molar-refractivity contribution >= 4 is 23.2 Å². The average Bonchev–Trinajstić information content (AvgIpc) is 3.16. The third kappa shape index (κ3) is 3.80. The van der Waals surface area contributed by atoms with Crippen LogP contribution in [0.15, 0.2) is 35.6 Å². The minimum Gasteiger partial charge on any atom is -0.325 e. The molecule has 0 spiro atoms. The fraction of sp³-hybridized carbons (Fsp3) is 0.211. The molecule has 0 aliphatic carbocycles. The highest BCUT2D eigenvalue weighted by Crippen LogP contribution is 2.28. The summed E-state index contributed by atoms with van der Waals surface area (Å²) in [7, 11) is 0. The number of nitrogens with zero attached hydrogens (tertiary/aromatic N) is 4. The molecule has 1 aromatic carbocycles. The molecule has 2 aromatic heterocycles. The van der Waals surface area contributed by atoms with Crippen molar-refractivity contribution in [3.05, 3.63) is 68.6 Å². The lowest BCUT2D eigenvalue weighted by Crippen LogP contribution is -2.19. The molecular weight excluding hydrogens is 380 g/mol. The lowest BCUT2D eigenvalue weighted by molar-refractivity contribution is -0.116. The van der Waals surface area contributed by atoms with Gasteiger partial charge in [-0.05, 0) is 43.5 Å². The minimum atomic E-state index is -0.415. The Hall–Kier alpha value is -3.44. The van der Waals surface area contributed by atoms with Gasteiger partial charge in [0.1, 0.15) is 30.0 Å². The fourth-order valence-corrected chi connectivity index (χ4v) is 3.31. The first kappa shape index (κ1) is 19.3. The van der Waals surface area contributed by atoms with Crippen LogP contribution in [0.1, 0.15) is 28.8 Å². The van der Waals surface area contributed by atoms with Crippen LogP contribution in [-0.4, -0.2) is 25.7 Å². The van der Waals surface area contributed by atoms with Crippen LogP contribution >= 0.6 is 11.6 Å². The molecule has 0 fully saturated rings. The summed E-state index contributed by atoms with van der Waals surface area (Å²) >= 11 is 6.26. The topological polar surface area (TPSA) is 116 Å². The summed E-state index contributed by atoms with van der Waals surface area (Å²) in [6.45, 7) is 3.47. The van der Waals surface area contributed by atoms with Gasteiger partial charge in [0.25, 0.3) is 5.56 Å². The Morgan fingerprint density at radius 1 is 1.39 bits per heavy atom. The van der Waals surface area contributed by atoms with Gasteiger partial charge in [-0.2, -0.15) is 10.4 Å². The molecule has 0 bridgehead atoms. The summed E-state index contributed by atoms with van der Waals surface area (Å²) in [5.74, 6) is -0.230. The second-order valence-electron chi connectivity index (χ2n) is 6.19. The lowest BCUT2D eigenvalue weighted by Gasteiger charge is -2.13. The number of aromatic amines is 1. The summed E-state index contributed by atoms with van der Waals surface area (Å²) in [5, 5.41) is 16.5. The predicted octanol–water partition coefficient (Wildman–Crippen LogP) is 2.67. The van der Waals surface area contributed by atoms with Crippen LogP contribution in [0.2, 0.25) is 5.02 Å². The number of anilines is 1. The van der Waals surface area contributed by atoms with Gasteiger partial charge in [-0.25, -0.2) is 9.67 Å². The molecule has 0 radical (unpaired) electrons. The van der Waals surface area contributed by atoms with Crippen LogP contribution in [0, 0.1) is 25.2 Å². The summed E-state index contributed by atoms with van der Waals surface area (Å²) in [4.78, 5) is 30.9. The van der Waals surface area contributed by atoms with E-state index in [1.54, 1.807) is 32.0 Å². The minimum absolute atomic E-state index is 0.0734. The monoisotopic (exact) mass is 396 g/mol. The van der Waals surface area contributed by atoms with Crippen molar-refractivity contribution in [2.75, 3.05) is 5.32 Å². The van der Waals surface area contributed by atoms with E-state index in [2.05, 4.69) is 20.4 Å². The van der Waals surface area contributed by atoms with E-state index in [0.717, 1.165) is 5.56 Å². The molecule has 0 unspecified atom stereocenters. The largest absolute Gasteiger partial charge is 0.325 e. The Balaban J connectivity index is 1.80. The van der Waals surface area contributed by atoms with E-state index < -0.39 is 5.56 Å². The van der Waals surface area contributed by atoms with Crippen LogP contribution in [0.5, 0.6) is 0 Å². The van der Waals surface area contributed by atoms with Gasteiger partial charge >= 0.3 is 0 Å². The quantitative estimate of drug-likeness (QED) is 0.687. The second-order valence-corrected chi connectivity index (χ2v) is 6.60. The van der Waals surface area contributed by atoms with Crippen LogP contribution < -0.4 is 10.9 Å². The summed E-state index contributed by atoms with van der Waals surface area (Å²) in [6.07, 6.45) is 3.42. The molecule has 0 aliphatic rings. The maximum absolute atomic E-state index is 12.5. The molecule has 8 nitrogen and oxygen atoms in total. The number of carbonyl (C=O) groups excluding carboxylic acids is 1. The number of aryl methyl sites for hydroxylation is 1. The van der Waals surface area contributed by atoms with Gasteiger partial charge in [-0.3, -0.25) is 9.59 Å². The SMILES string of the molecule is Cc1[nH]c(=O)c(C#N)c(C)c1CCC(=O)Nc1cccc(Cl)c1-n1cncn1. The number of amides is 1. The molecule has 0 aliphatic heterocycles. The van der Waals surface area contributed by atoms with Crippen molar-refractivity contribution in [3.63, 3.8) is 0 Å². The van der Waals surface area contributed by atoms with Gasteiger partial charge in [-0.1, -0.05) is 17.7 Å². The van der Waals surface area contributed by atoms with E-state index in [0.29, 0.717) is 34.1 Å². The van der Waals surface area contributed by atoms with Gasteiger partial charge < -0.3 is 10.3 Å². The Labute approximate surface area is 165 Å². The standard InChI is InChI=1S/C19H17ClN6O2/c1-11-13(12(2)24-19(28)14(11)8-21)6-7-17(27)25-16-5-3-4-15(20)18(16)26-10-22-9-23-26/h3-5,9-10H,6-7H2,1-2H3,(H,24,28)(H,25,27). The maximum atomic E-state index is 12.5. The number of hydrogen-bond donors (Lipinski definition) is 2. The van der Waals surface area contributed by atoms with Crippen molar-refractivity contribution in [3.8, 4) is 11.8 Å². The zero-order chi connectivity index (χ0) is 20.3. The van der Waals surface area contributed by atoms with E-state index in [9.17, 15) is 9.59 Å². The first-order chi connectivity index (χ1) is 13.4. The van der Waals surface area contributed by atoms with Gasteiger partial charge in [0.2, 0.25) is 5.91 Å². The zero-order valence-electron chi connectivity index (χ0n) is 15.3. The number of benzene rings is 1. The summed E-state index contributed by atoms with van der Waals surface area (Å²) in [5.41, 5.74) is 2.73. The number of carbonyl (C=O) groups is 1. The molecule has 2 heterocycles. The normalized spacial score (nSPS) is 10.5. The second kappa shape index (κ2) is 8.06. The summed E-state index contributed by atoms with van der Waals surface area (Å²) in [6, 6.07) is 7.07. The number of nitrogens with one attached hydrogen (secondary N) is 2. The number of H-pyrrole nitrogens is 1. The van der Waals surface area contributed by atoms with Gasteiger partial charge in [0.15, 0.2) is 0 Å². The molecule has 0 saturated carbocycles. The summed E-state index contributed by atoms with van der Waals surface area (Å²) < 4.78 is 1.48. The molecule has 3 aromatic rings. The molecule has 1 amide bonds. The number of hydrogen-bond acceptors (Lipinski definition) is 5. The van der Waals surface area contributed by atoms with Gasteiger partial charge in [0, 0.05) is 12.1 Å². The Kier molecular flexibility index (Phi) is 5.57. The van der Waals surface area contributed by atoms with Crippen molar-refractivity contribution in [1.29, 1.82) is 5.26 Å². The van der Waals surface area contributed by atoms with Crippen LogP contribution in [-0.2, 0) is 11.2 Å². The van der Waals surface area contributed by atoms with Crippen molar-refractivity contribution in [2.45, 2.75) is 26.7 Å². The number of nitriles is 1. The highest BCUT2D eigenvalue weighted by atomic mass is 35.5. The lowest BCUT2D eigenvalue weighted by atomic mass is 9.99. The fourth-order valence-electron chi connectivity index (χ4n) is 3.04. The van der Waals surface area contributed by atoms with E-state index in [1.165, 1.54) is 17.3 Å². The molecule has 142 valence electrons. The Morgan fingerprint density at radius 3 is 2.86 bits per heavy atom. The smallest absolute Gasteiger partial charge is 0.266 e. The molecule has 28 heavy (non-hydrogen) atoms. The third-order valence-electron chi connectivity index (χ3n) is 4.43. The number of rotatable bonds is 5. The van der Waals surface area contributed by atoms with E-state index in [-0.39, 0.29) is 17.9 Å². The number of halogens is 1. The molecule has 0 atom stereocenters. The molecule has 9 heteroatoms. The Bertz CT molecular complexity index is 1130. The highest BCUT2D eigenvalue weighted by molar-refractivity contribution is 6.33. The molecule has 3 rings (SSSR count). The van der Waals surface area contributed by atoms with Crippen LogP contribution in [0.3, 0.4) is 0 Å². The molecular formula is C19H17ClN6O2. The van der Waals surface area contributed by atoms with Crippen molar-refractivity contribution in [1.82, 2.24) is 19.7 Å². The van der Waals surface area contributed by atoms with Crippen LogP contribution in [0.25, 0.3) is 5.69 Å². The number of pyridine rings is 1.